The number of carboxylic acid groups (broad SMARTS) is 1. The molecule has 0 bridgehead atoms. The van der Waals surface area contributed by atoms with E-state index < -0.39 is 53.1 Å². The van der Waals surface area contributed by atoms with Crippen LogP contribution in [0.15, 0.2) is 39.9 Å². The third kappa shape index (κ3) is 6.09. The van der Waals surface area contributed by atoms with Crippen LogP contribution in [0.25, 0.3) is 0 Å². The van der Waals surface area contributed by atoms with Crippen molar-refractivity contribution < 1.29 is 39.0 Å². The molecule has 2 aromatic rings. The first-order chi connectivity index (χ1) is 21.0. The molecule has 4 heterocycles. The van der Waals surface area contributed by atoms with Crippen molar-refractivity contribution in [1.82, 2.24) is 35.5 Å². The number of aromatic nitrogens is 2. The van der Waals surface area contributed by atoms with Crippen LogP contribution in [0.1, 0.15) is 23.5 Å². The summed E-state index contributed by atoms with van der Waals surface area (Å²) in [5.74, 6) is -4.09. The Morgan fingerprint density at radius 1 is 1.11 bits per heavy atom. The van der Waals surface area contributed by atoms with E-state index in [0.717, 1.165) is 14.8 Å². The number of aliphatic carboxylic acids is 1. The summed E-state index contributed by atoms with van der Waals surface area (Å²) < 4.78 is 0.674. The molecule has 0 radical (unpaired) electrons. The van der Waals surface area contributed by atoms with E-state index in [0.29, 0.717) is 28.0 Å². The largest absolute Gasteiger partial charge is 0.508 e. The Morgan fingerprint density at radius 2 is 1.84 bits per heavy atom. The lowest BCUT2D eigenvalue weighted by molar-refractivity contribution is -0.153. The number of fused-ring (bicyclic) bond motifs is 1. The second-order valence-corrected chi connectivity index (χ2v) is 13.4. The number of carboxylic acids is 1. The summed E-state index contributed by atoms with van der Waals surface area (Å²) in [5, 5.41) is 32.8. The van der Waals surface area contributed by atoms with Gasteiger partial charge in [0.15, 0.2) is 4.34 Å². The van der Waals surface area contributed by atoms with Gasteiger partial charge in [-0.1, -0.05) is 35.2 Å². The minimum Gasteiger partial charge on any atom is -0.508 e. The van der Waals surface area contributed by atoms with Crippen LogP contribution in [-0.4, -0.2) is 113 Å². The summed E-state index contributed by atoms with van der Waals surface area (Å²) in [7, 11) is 0. The van der Waals surface area contributed by atoms with E-state index >= 15 is 0 Å². The van der Waals surface area contributed by atoms with Crippen molar-refractivity contribution in [3.8, 4) is 5.75 Å². The number of thioether (sulfide) groups is 2. The number of carbonyl (C=O) groups is 6. The average molecular weight is 662 g/mol. The Hall–Kier alpha value is -4.16. The van der Waals surface area contributed by atoms with Gasteiger partial charge in [0.25, 0.3) is 5.91 Å². The standard InChI is InChI=1S/C26H27N7O8S3/c1-3-31-8-9-32(22(38)21(31)37)25(41)28-16(13-4-6-15(34)7-5-13)19(35)27-17-20(36)33-18(24(39)40)14(10-42-23(17)33)11-43-26-30-29-12(2)44-26/h4-7,16-17,23,34H,3,8-11H2,1-2H3,(H,27,35)(H,28,41)(H,39,40)/t16?,17-,23-/m1/s1. The Kier molecular flexibility index (Phi) is 9.12. The van der Waals surface area contributed by atoms with E-state index in [-0.39, 0.29) is 30.1 Å². The third-order valence-corrected chi connectivity index (χ3v) is 10.5. The molecule has 3 aliphatic rings. The highest BCUT2D eigenvalue weighted by Crippen LogP contribution is 2.42. The van der Waals surface area contributed by atoms with Crippen LogP contribution in [0.4, 0.5) is 4.79 Å². The predicted molar refractivity (Wildman–Crippen MR) is 158 cm³/mol. The van der Waals surface area contributed by atoms with Crippen molar-refractivity contribution in [1.29, 1.82) is 0 Å². The second-order valence-electron chi connectivity index (χ2n) is 9.84. The Morgan fingerprint density at radius 3 is 2.48 bits per heavy atom. The van der Waals surface area contributed by atoms with E-state index in [9.17, 15) is 39.0 Å². The van der Waals surface area contributed by atoms with Crippen molar-refractivity contribution in [3.05, 3.63) is 46.1 Å². The summed E-state index contributed by atoms with van der Waals surface area (Å²) in [4.78, 5) is 80.2. The molecular formula is C26H27N7O8S3. The molecule has 18 heteroatoms. The van der Waals surface area contributed by atoms with Crippen LogP contribution in [-0.2, 0) is 24.0 Å². The van der Waals surface area contributed by atoms with Gasteiger partial charge in [0, 0.05) is 31.1 Å². The molecule has 1 aromatic carbocycles. The van der Waals surface area contributed by atoms with Crippen molar-refractivity contribution in [2.75, 3.05) is 31.1 Å². The smallest absolute Gasteiger partial charge is 0.352 e. The van der Waals surface area contributed by atoms with Gasteiger partial charge in [-0.05, 0) is 37.1 Å². The number of hydrogen-bond donors (Lipinski definition) is 4. The van der Waals surface area contributed by atoms with Gasteiger partial charge in [-0.15, -0.1) is 22.0 Å². The number of imide groups is 1. The fourth-order valence-corrected chi connectivity index (χ4v) is 8.16. The molecule has 1 aromatic heterocycles. The molecule has 3 atom stereocenters. The average Bonchev–Trinajstić information content (AvgIpc) is 3.43. The maximum absolute atomic E-state index is 13.6. The number of nitrogens with one attached hydrogen (secondary N) is 2. The van der Waals surface area contributed by atoms with Crippen molar-refractivity contribution in [3.63, 3.8) is 0 Å². The number of benzene rings is 1. The van der Waals surface area contributed by atoms with Gasteiger partial charge in [0.05, 0.1) is 0 Å². The minimum absolute atomic E-state index is 0.0769. The van der Waals surface area contributed by atoms with E-state index in [4.69, 9.17) is 0 Å². The molecule has 0 spiro atoms. The van der Waals surface area contributed by atoms with Crippen LogP contribution in [0, 0.1) is 6.92 Å². The summed E-state index contributed by atoms with van der Waals surface area (Å²) in [6.45, 7) is 3.87. The van der Waals surface area contributed by atoms with Crippen molar-refractivity contribution >= 4 is 70.5 Å². The zero-order valence-electron chi connectivity index (χ0n) is 23.4. The molecular weight excluding hydrogens is 635 g/mol. The highest BCUT2D eigenvalue weighted by molar-refractivity contribution is 8.01. The molecule has 44 heavy (non-hydrogen) atoms. The number of urea groups is 1. The van der Waals surface area contributed by atoms with Gasteiger partial charge in [0.2, 0.25) is 5.91 Å². The molecule has 2 fully saturated rings. The number of nitrogens with zero attached hydrogens (tertiary/aromatic N) is 5. The maximum atomic E-state index is 13.6. The number of aromatic hydroxyl groups is 1. The number of hydrogen-bond acceptors (Lipinski definition) is 12. The van der Waals surface area contributed by atoms with Gasteiger partial charge in [-0.2, -0.15) is 0 Å². The number of piperazine rings is 1. The fourth-order valence-electron chi connectivity index (χ4n) is 4.85. The molecule has 0 saturated carbocycles. The quantitative estimate of drug-likeness (QED) is 0.165. The van der Waals surface area contributed by atoms with Crippen molar-refractivity contribution in [2.45, 2.75) is 35.6 Å². The lowest BCUT2D eigenvalue weighted by Gasteiger charge is -2.49. The lowest BCUT2D eigenvalue weighted by atomic mass is 10.0. The molecule has 4 N–H and O–H groups in total. The number of amides is 6. The number of phenols is 1. The first kappa shape index (κ1) is 31.3. The Bertz CT molecular complexity index is 1560. The number of aryl methyl sites for hydroxylation is 1. The number of phenolic OH excluding ortho intramolecular Hbond substituents is 1. The van der Waals surface area contributed by atoms with Gasteiger partial charge in [-0.25, -0.2) is 9.59 Å². The SMILES string of the molecule is CCN1CCN(C(=O)NC(C(=O)N[C@@H]2C(=O)N3C(C(=O)O)=C(CSc4nnc(C)s4)CS[C@H]23)c2ccc(O)cc2)C(=O)C1=O. The summed E-state index contributed by atoms with van der Waals surface area (Å²) in [6.07, 6.45) is 0. The first-order valence-electron chi connectivity index (χ1n) is 13.3. The van der Waals surface area contributed by atoms with Gasteiger partial charge >= 0.3 is 23.8 Å². The fraction of sp³-hybridized carbons (Fsp3) is 0.385. The van der Waals surface area contributed by atoms with Crippen LogP contribution in [0.3, 0.4) is 0 Å². The van der Waals surface area contributed by atoms with E-state index in [1.165, 1.54) is 64.0 Å². The number of rotatable bonds is 9. The normalized spacial score (nSPS) is 20.7. The molecule has 3 aliphatic heterocycles. The molecule has 232 valence electrons. The zero-order chi connectivity index (χ0) is 31.7. The topological polar surface area (TPSA) is 202 Å². The molecule has 6 amide bonds. The summed E-state index contributed by atoms with van der Waals surface area (Å²) in [6, 6.07) is 1.90. The Labute approximate surface area is 263 Å². The highest BCUT2D eigenvalue weighted by atomic mass is 32.2. The molecule has 15 nitrogen and oxygen atoms in total. The van der Waals surface area contributed by atoms with Crippen LogP contribution in [0.2, 0.25) is 0 Å². The molecule has 0 aliphatic carbocycles. The third-order valence-electron chi connectivity index (χ3n) is 7.12. The molecule has 1 unspecified atom stereocenters. The summed E-state index contributed by atoms with van der Waals surface area (Å²) >= 11 is 3.99. The lowest BCUT2D eigenvalue weighted by Crippen LogP contribution is -2.71. The molecule has 5 rings (SSSR count). The monoisotopic (exact) mass is 661 g/mol. The van der Waals surface area contributed by atoms with Crippen LogP contribution >= 0.6 is 34.9 Å². The minimum atomic E-state index is -1.41. The van der Waals surface area contributed by atoms with Crippen LogP contribution < -0.4 is 10.6 Å². The summed E-state index contributed by atoms with van der Waals surface area (Å²) in [5.41, 5.74) is 0.624. The first-order valence-corrected chi connectivity index (χ1v) is 16.2. The Balaban J connectivity index is 1.31. The number of β-lactam (4-membered cyclic amide) rings is 1. The van der Waals surface area contributed by atoms with E-state index in [1.54, 1.807) is 6.92 Å². The maximum Gasteiger partial charge on any atom is 0.352 e. The zero-order valence-corrected chi connectivity index (χ0v) is 25.8. The van der Waals surface area contributed by atoms with E-state index in [1.807, 2.05) is 6.92 Å². The van der Waals surface area contributed by atoms with Gasteiger partial charge < -0.3 is 25.7 Å². The second kappa shape index (κ2) is 12.8. The number of carbonyl (C=O) groups excluding carboxylic acids is 5. The predicted octanol–water partition coefficient (Wildman–Crippen LogP) is 0.524. The van der Waals surface area contributed by atoms with E-state index in [2.05, 4.69) is 20.8 Å². The van der Waals surface area contributed by atoms with Gasteiger partial charge in [0.1, 0.15) is 33.9 Å². The van der Waals surface area contributed by atoms with Gasteiger partial charge in [-0.3, -0.25) is 29.0 Å². The molecule has 2 saturated heterocycles. The van der Waals surface area contributed by atoms with Crippen LogP contribution in [0.5, 0.6) is 5.75 Å². The van der Waals surface area contributed by atoms with Crippen molar-refractivity contribution in [2.24, 2.45) is 0 Å². The highest BCUT2D eigenvalue weighted by Gasteiger charge is 2.54. The number of likely N-dealkylation sites (N-methyl/N-ethyl adjacent to an activating group) is 1.